The molecule has 1 aromatic carbocycles. The van der Waals surface area contributed by atoms with Crippen molar-refractivity contribution in [2.45, 2.75) is 26.2 Å². The molecule has 0 heterocycles. The molecule has 0 fully saturated rings. The second kappa shape index (κ2) is 3.13. The molecule has 0 saturated carbocycles. The number of aryl methyl sites for hydroxylation is 1. The third-order valence-electron chi connectivity index (χ3n) is 2.91. The van der Waals surface area contributed by atoms with Crippen molar-refractivity contribution in [3.63, 3.8) is 0 Å². The first-order valence-corrected chi connectivity index (χ1v) is 5.07. The van der Waals surface area contributed by atoms with Gasteiger partial charge < -0.3 is 0 Å². The van der Waals surface area contributed by atoms with Crippen LogP contribution in [0, 0.1) is 6.92 Å². The van der Waals surface area contributed by atoms with E-state index in [1.165, 1.54) is 16.7 Å². The van der Waals surface area contributed by atoms with E-state index in [1.807, 2.05) is 0 Å². The molecule has 0 bridgehead atoms. The minimum atomic E-state index is 0.144. The lowest BCUT2D eigenvalue weighted by molar-refractivity contribution is 0.669. The maximum Gasteiger partial charge on any atom is 0.00844 e. The van der Waals surface area contributed by atoms with Crippen LogP contribution < -0.4 is 0 Å². The monoisotopic (exact) mass is 184 g/mol. The first kappa shape index (κ1) is 9.26. The smallest absolute Gasteiger partial charge is 0.00844 e. The van der Waals surface area contributed by atoms with E-state index in [1.54, 1.807) is 0 Å². The highest BCUT2D eigenvalue weighted by Crippen LogP contribution is 2.32. The van der Waals surface area contributed by atoms with Gasteiger partial charge in [-0.25, -0.2) is 0 Å². The largest absolute Gasteiger partial charge is 0.0745 e. The molecule has 0 nitrogen and oxygen atoms in total. The van der Waals surface area contributed by atoms with Crippen LogP contribution in [0.15, 0.2) is 36.4 Å². The maximum absolute atomic E-state index is 2.26. The van der Waals surface area contributed by atoms with Crippen molar-refractivity contribution in [3.05, 3.63) is 53.1 Å². The minimum Gasteiger partial charge on any atom is -0.0745 e. The molecule has 0 saturated heterocycles. The molecule has 0 N–H and O–H groups in total. The van der Waals surface area contributed by atoms with E-state index in [4.69, 9.17) is 0 Å². The van der Waals surface area contributed by atoms with Gasteiger partial charge in [0.25, 0.3) is 0 Å². The fourth-order valence-electron chi connectivity index (χ4n) is 2.00. The van der Waals surface area contributed by atoms with Crippen LogP contribution in [0.4, 0.5) is 0 Å². The molecule has 0 spiro atoms. The molecule has 1 aliphatic rings. The maximum atomic E-state index is 2.26. The van der Waals surface area contributed by atoms with Crippen molar-refractivity contribution < 1.29 is 0 Å². The van der Waals surface area contributed by atoms with E-state index in [2.05, 4.69) is 63.3 Å². The fraction of sp³-hybridized carbons (Fsp3) is 0.286. The molecule has 0 aliphatic heterocycles. The normalized spacial score (nSPS) is 17.6. The minimum absolute atomic E-state index is 0.144. The second-order valence-corrected chi connectivity index (χ2v) is 4.48. The summed E-state index contributed by atoms with van der Waals surface area (Å²) >= 11 is 0. The van der Waals surface area contributed by atoms with Gasteiger partial charge in [-0.15, -0.1) is 0 Å². The summed E-state index contributed by atoms with van der Waals surface area (Å²) < 4.78 is 0. The number of hydrogen-bond donors (Lipinski definition) is 0. The van der Waals surface area contributed by atoms with Crippen LogP contribution in [0.3, 0.4) is 0 Å². The Labute approximate surface area is 86.0 Å². The summed E-state index contributed by atoms with van der Waals surface area (Å²) in [6.45, 7) is 6.69. The summed E-state index contributed by atoms with van der Waals surface area (Å²) in [4.78, 5) is 0. The van der Waals surface area contributed by atoms with E-state index in [9.17, 15) is 0 Å². The van der Waals surface area contributed by atoms with Crippen LogP contribution in [0.25, 0.3) is 6.08 Å². The van der Waals surface area contributed by atoms with Crippen LogP contribution in [0.1, 0.15) is 30.5 Å². The van der Waals surface area contributed by atoms with Crippen LogP contribution >= 0.6 is 0 Å². The van der Waals surface area contributed by atoms with Crippen molar-refractivity contribution in [3.8, 4) is 0 Å². The van der Waals surface area contributed by atoms with Gasteiger partial charge in [0.1, 0.15) is 0 Å². The molecule has 72 valence electrons. The predicted octanol–water partition coefficient (Wildman–Crippen LogP) is 3.86. The van der Waals surface area contributed by atoms with Gasteiger partial charge in [0.15, 0.2) is 0 Å². The van der Waals surface area contributed by atoms with Crippen molar-refractivity contribution >= 4 is 6.08 Å². The van der Waals surface area contributed by atoms with Crippen LogP contribution in [0.2, 0.25) is 0 Å². The van der Waals surface area contributed by atoms with Crippen molar-refractivity contribution in [2.75, 3.05) is 0 Å². The lowest BCUT2D eigenvalue weighted by atomic mass is 9.81. The van der Waals surface area contributed by atoms with Crippen molar-refractivity contribution in [2.24, 2.45) is 0 Å². The molecular weight excluding hydrogens is 168 g/mol. The lowest BCUT2D eigenvalue weighted by Crippen LogP contribution is -2.14. The van der Waals surface area contributed by atoms with Crippen molar-refractivity contribution in [1.29, 1.82) is 0 Å². The molecule has 0 aromatic heterocycles. The highest BCUT2D eigenvalue weighted by molar-refractivity contribution is 5.63. The summed E-state index contributed by atoms with van der Waals surface area (Å²) in [5, 5.41) is 0. The molecule has 0 atom stereocenters. The molecule has 1 aliphatic carbocycles. The van der Waals surface area contributed by atoms with Crippen LogP contribution in [0.5, 0.6) is 0 Å². The van der Waals surface area contributed by atoms with Crippen molar-refractivity contribution in [1.82, 2.24) is 0 Å². The zero-order chi connectivity index (χ0) is 10.2. The topological polar surface area (TPSA) is 0 Å². The number of benzene rings is 1. The van der Waals surface area contributed by atoms with Gasteiger partial charge in [-0.05, 0) is 23.6 Å². The van der Waals surface area contributed by atoms with E-state index in [-0.39, 0.29) is 5.41 Å². The standard InChI is InChI=1S/C14H16/c1-11-7-6-9-13-12(11)8-4-5-10-14(13,2)3/h4-10H,1-3H3. The molecule has 1 aromatic rings. The summed E-state index contributed by atoms with van der Waals surface area (Å²) in [5.41, 5.74) is 4.30. The zero-order valence-electron chi connectivity index (χ0n) is 9.04. The first-order valence-electron chi connectivity index (χ1n) is 5.07. The molecular formula is C14H16. The molecule has 0 amide bonds. The predicted molar refractivity (Wildman–Crippen MR) is 62.4 cm³/mol. The summed E-state index contributed by atoms with van der Waals surface area (Å²) in [6.07, 6.45) is 8.73. The van der Waals surface area contributed by atoms with E-state index < -0.39 is 0 Å². The number of rotatable bonds is 0. The molecule has 0 heteroatoms. The van der Waals surface area contributed by atoms with Gasteiger partial charge in [-0.2, -0.15) is 0 Å². The Hall–Kier alpha value is -1.30. The Bertz CT molecular complexity index is 406. The van der Waals surface area contributed by atoms with E-state index >= 15 is 0 Å². The molecule has 0 unspecified atom stereocenters. The van der Waals surface area contributed by atoms with E-state index in [0.717, 1.165) is 0 Å². The first-order chi connectivity index (χ1) is 6.61. The average molecular weight is 184 g/mol. The molecule has 2 rings (SSSR count). The summed E-state index contributed by atoms with van der Waals surface area (Å²) in [6, 6.07) is 6.54. The Balaban J connectivity index is 2.71. The highest BCUT2D eigenvalue weighted by atomic mass is 14.2. The van der Waals surface area contributed by atoms with Gasteiger partial charge in [0.05, 0.1) is 0 Å². The van der Waals surface area contributed by atoms with Gasteiger partial charge >= 0.3 is 0 Å². The Morgan fingerprint density at radius 3 is 2.64 bits per heavy atom. The number of fused-ring (bicyclic) bond motifs is 1. The van der Waals surface area contributed by atoms with Gasteiger partial charge in [-0.3, -0.25) is 0 Å². The highest BCUT2D eigenvalue weighted by Gasteiger charge is 2.21. The Morgan fingerprint density at radius 1 is 1.07 bits per heavy atom. The second-order valence-electron chi connectivity index (χ2n) is 4.48. The fourth-order valence-corrected chi connectivity index (χ4v) is 2.00. The number of allylic oxidation sites excluding steroid dienone is 3. The van der Waals surface area contributed by atoms with Gasteiger partial charge in [0.2, 0.25) is 0 Å². The Morgan fingerprint density at radius 2 is 1.86 bits per heavy atom. The average Bonchev–Trinajstić information content (AvgIpc) is 2.27. The quantitative estimate of drug-likeness (QED) is 0.574. The summed E-state index contributed by atoms with van der Waals surface area (Å²) in [5.74, 6) is 0. The third kappa shape index (κ3) is 1.41. The van der Waals surface area contributed by atoms with E-state index in [0.29, 0.717) is 0 Å². The van der Waals surface area contributed by atoms with Crippen LogP contribution in [-0.4, -0.2) is 0 Å². The van der Waals surface area contributed by atoms with Gasteiger partial charge in [-0.1, -0.05) is 56.4 Å². The molecule has 0 radical (unpaired) electrons. The van der Waals surface area contributed by atoms with Gasteiger partial charge in [0, 0.05) is 5.41 Å². The van der Waals surface area contributed by atoms with Crippen LogP contribution in [-0.2, 0) is 5.41 Å². The summed E-state index contributed by atoms with van der Waals surface area (Å²) in [7, 11) is 0. The lowest BCUT2D eigenvalue weighted by Gasteiger charge is -2.23. The SMILES string of the molecule is Cc1cccc2c1C=CC=CC2(C)C. The third-order valence-corrected chi connectivity index (χ3v) is 2.91. The Kier molecular flexibility index (Phi) is 2.07. The molecule has 14 heavy (non-hydrogen) atoms. The number of hydrogen-bond acceptors (Lipinski definition) is 0. The zero-order valence-corrected chi connectivity index (χ0v) is 9.04.